The first-order valence-electron chi connectivity index (χ1n) is 4.89. The molecule has 0 spiro atoms. The molecule has 0 amide bonds. The Hall–Kier alpha value is -1.69. The highest BCUT2D eigenvalue weighted by Crippen LogP contribution is 2.37. The van der Waals surface area contributed by atoms with Crippen molar-refractivity contribution in [2.24, 2.45) is 0 Å². The minimum Gasteiger partial charge on any atom is -0.439 e. The Morgan fingerprint density at radius 2 is 1.83 bits per heavy atom. The van der Waals surface area contributed by atoms with Crippen LogP contribution >= 0.6 is 11.8 Å². The summed E-state index contributed by atoms with van der Waals surface area (Å²) in [7, 11) is 0. The lowest BCUT2D eigenvalue weighted by molar-refractivity contribution is -0.0328. The highest BCUT2D eigenvalue weighted by Gasteiger charge is 2.29. The molecule has 18 heavy (non-hydrogen) atoms. The Morgan fingerprint density at radius 1 is 1.11 bits per heavy atom. The molecule has 0 N–H and O–H groups in total. The molecule has 1 aromatic heterocycles. The van der Waals surface area contributed by atoms with E-state index in [1.54, 1.807) is 12.1 Å². The maximum atomic E-state index is 12.1. The molecule has 0 saturated heterocycles. The van der Waals surface area contributed by atoms with Crippen molar-refractivity contribution < 1.29 is 17.9 Å². The molecule has 0 bridgehead atoms. The lowest BCUT2D eigenvalue weighted by Gasteiger charge is -2.07. The Bertz CT molecular complexity index is 499. The predicted octanol–water partition coefficient (Wildman–Crippen LogP) is 4.29. The van der Waals surface area contributed by atoms with Crippen molar-refractivity contribution in [2.45, 2.75) is 10.4 Å². The molecule has 2 nitrogen and oxygen atoms in total. The zero-order valence-electron chi connectivity index (χ0n) is 8.94. The van der Waals surface area contributed by atoms with Crippen LogP contribution in [0.1, 0.15) is 0 Å². The van der Waals surface area contributed by atoms with Crippen molar-refractivity contribution in [3.05, 3.63) is 48.7 Å². The number of rotatable bonds is 3. The number of halogens is 3. The predicted molar refractivity (Wildman–Crippen MR) is 61.5 cm³/mol. The molecule has 0 unspecified atom stereocenters. The number of thioether (sulfide) groups is 1. The van der Waals surface area contributed by atoms with Gasteiger partial charge in [-0.05, 0) is 42.1 Å². The first-order valence-corrected chi connectivity index (χ1v) is 5.70. The molecular weight excluding hydrogens is 263 g/mol. The van der Waals surface area contributed by atoms with E-state index >= 15 is 0 Å². The summed E-state index contributed by atoms with van der Waals surface area (Å²) in [4.78, 5) is 4.01. The molecular formula is C12H7F3NOS. The van der Waals surface area contributed by atoms with Crippen molar-refractivity contribution in [3.8, 4) is 11.6 Å². The minimum atomic E-state index is -4.28. The van der Waals surface area contributed by atoms with E-state index in [1.165, 1.54) is 30.5 Å². The Balaban J connectivity index is 2.04. The van der Waals surface area contributed by atoms with Gasteiger partial charge in [-0.3, -0.25) is 0 Å². The standard InChI is InChI=1S/C12H7F3NOS/c13-12(14,15)18-10-6-4-9(5-7-10)17-11-3-1-2-8-16-11/h1,3-8H. The van der Waals surface area contributed by atoms with Crippen LogP contribution in [0, 0.1) is 6.07 Å². The van der Waals surface area contributed by atoms with Crippen LogP contribution in [-0.4, -0.2) is 10.5 Å². The number of hydrogen-bond acceptors (Lipinski definition) is 3. The molecule has 2 rings (SSSR count). The van der Waals surface area contributed by atoms with Crippen molar-refractivity contribution in [2.75, 3.05) is 0 Å². The molecule has 0 aliphatic rings. The third-order valence-corrected chi connectivity index (χ3v) is 2.61. The summed E-state index contributed by atoms with van der Waals surface area (Å²) < 4.78 is 41.7. The molecule has 0 saturated carbocycles. The largest absolute Gasteiger partial charge is 0.446 e. The van der Waals surface area contributed by atoms with Gasteiger partial charge in [-0.25, -0.2) is 4.98 Å². The van der Waals surface area contributed by atoms with Crippen LogP contribution in [0.4, 0.5) is 13.2 Å². The molecule has 6 heteroatoms. The molecule has 1 aromatic carbocycles. The average molecular weight is 270 g/mol. The zero-order valence-corrected chi connectivity index (χ0v) is 9.76. The summed E-state index contributed by atoms with van der Waals surface area (Å²) in [6, 6.07) is 11.6. The SMILES string of the molecule is FC(F)(F)Sc1ccc(Oc2cc[c]cn2)cc1. The zero-order chi connectivity index (χ0) is 13.0. The minimum absolute atomic E-state index is 0.115. The van der Waals surface area contributed by atoms with Gasteiger partial charge < -0.3 is 4.74 Å². The number of hydrogen-bond donors (Lipinski definition) is 0. The van der Waals surface area contributed by atoms with E-state index in [0.29, 0.717) is 11.6 Å². The molecule has 0 fully saturated rings. The summed E-state index contributed by atoms with van der Waals surface area (Å²) >= 11 is -0.160. The topological polar surface area (TPSA) is 22.1 Å². The molecule has 2 aromatic rings. The van der Waals surface area contributed by atoms with Crippen molar-refractivity contribution in [3.63, 3.8) is 0 Å². The van der Waals surface area contributed by atoms with Gasteiger partial charge in [0.15, 0.2) is 0 Å². The van der Waals surface area contributed by atoms with Gasteiger partial charge in [0.2, 0.25) is 5.88 Å². The fraction of sp³-hybridized carbons (Fsp3) is 0.0833. The summed E-state index contributed by atoms with van der Waals surface area (Å²) in [5.74, 6) is 0.796. The number of alkyl halides is 3. The number of aromatic nitrogens is 1. The number of ether oxygens (including phenoxy) is 1. The molecule has 0 aliphatic heterocycles. The van der Waals surface area contributed by atoms with Gasteiger partial charge in [0, 0.05) is 23.2 Å². The van der Waals surface area contributed by atoms with E-state index in [1.807, 2.05) is 0 Å². The van der Waals surface area contributed by atoms with E-state index in [4.69, 9.17) is 4.74 Å². The third kappa shape index (κ3) is 3.96. The summed E-state index contributed by atoms with van der Waals surface area (Å²) in [6.45, 7) is 0. The van der Waals surface area contributed by atoms with Crippen LogP contribution in [0.2, 0.25) is 0 Å². The molecule has 0 aliphatic carbocycles. The summed E-state index contributed by atoms with van der Waals surface area (Å²) in [6.07, 6.45) is 1.45. The average Bonchev–Trinajstić information content (AvgIpc) is 2.31. The Kier molecular flexibility index (Phi) is 3.76. The monoisotopic (exact) mass is 270 g/mol. The van der Waals surface area contributed by atoms with Crippen LogP contribution in [0.15, 0.2) is 47.5 Å². The van der Waals surface area contributed by atoms with Crippen LogP contribution < -0.4 is 4.74 Å². The third-order valence-electron chi connectivity index (χ3n) is 1.87. The fourth-order valence-electron chi connectivity index (χ4n) is 1.20. The number of nitrogens with zero attached hydrogens (tertiary/aromatic N) is 1. The second-order valence-electron chi connectivity index (χ2n) is 3.22. The van der Waals surface area contributed by atoms with E-state index in [-0.39, 0.29) is 16.7 Å². The first-order chi connectivity index (χ1) is 8.53. The van der Waals surface area contributed by atoms with Crippen molar-refractivity contribution in [1.29, 1.82) is 0 Å². The normalized spacial score (nSPS) is 11.3. The van der Waals surface area contributed by atoms with Crippen LogP contribution in [0.3, 0.4) is 0 Å². The number of pyridine rings is 1. The van der Waals surface area contributed by atoms with E-state index in [9.17, 15) is 13.2 Å². The molecule has 1 radical (unpaired) electrons. The molecule has 0 atom stereocenters. The molecule has 1 heterocycles. The second kappa shape index (κ2) is 5.30. The number of benzene rings is 1. The van der Waals surface area contributed by atoms with E-state index < -0.39 is 5.51 Å². The van der Waals surface area contributed by atoms with Gasteiger partial charge >= 0.3 is 5.51 Å². The van der Waals surface area contributed by atoms with E-state index in [2.05, 4.69) is 11.1 Å². The lowest BCUT2D eigenvalue weighted by Crippen LogP contribution is -1.98. The lowest BCUT2D eigenvalue weighted by atomic mass is 10.3. The van der Waals surface area contributed by atoms with Crippen molar-refractivity contribution in [1.82, 2.24) is 4.98 Å². The fourth-order valence-corrected chi connectivity index (χ4v) is 1.74. The maximum Gasteiger partial charge on any atom is 0.446 e. The van der Waals surface area contributed by atoms with Gasteiger partial charge in [0.25, 0.3) is 0 Å². The Labute approximate surface area is 106 Å². The molecule has 93 valence electrons. The maximum absolute atomic E-state index is 12.1. The van der Waals surface area contributed by atoms with Gasteiger partial charge in [0.05, 0.1) is 0 Å². The first kappa shape index (κ1) is 12.8. The highest BCUT2D eigenvalue weighted by molar-refractivity contribution is 8.00. The van der Waals surface area contributed by atoms with Gasteiger partial charge in [-0.1, -0.05) is 0 Å². The smallest absolute Gasteiger partial charge is 0.439 e. The van der Waals surface area contributed by atoms with Gasteiger partial charge in [-0.15, -0.1) is 0 Å². The second-order valence-corrected chi connectivity index (χ2v) is 4.36. The van der Waals surface area contributed by atoms with Gasteiger partial charge in [-0.2, -0.15) is 13.2 Å². The van der Waals surface area contributed by atoms with Crippen LogP contribution in [0.5, 0.6) is 11.6 Å². The summed E-state index contributed by atoms with van der Waals surface area (Å²) in [5.41, 5.74) is -4.28. The highest BCUT2D eigenvalue weighted by atomic mass is 32.2. The van der Waals surface area contributed by atoms with Gasteiger partial charge in [0.1, 0.15) is 5.75 Å². The van der Waals surface area contributed by atoms with Crippen LogP contribution in [-0.2, 0) is 0 Å². The van der Waals surface area contributed by atoms with Crippen molar-refractivity contribution >= 4 is 11.8 Å². The van der Waals surface area contributed by atoms with E-state index in [0.717, 1.165) is 0 Å². The quantitative estimate of drug-likeness (QED) is 0.777. The Morgan fingerprint density at radius 3 is 2.39 bits per heavy atom. The van der Waals surface area contributed by atoms with Crippen LogP contribution in [0.25, 0.3) is 0 Å². The summed E-state index contributed by atoms with van der Waals surface area (Å²) in [5, 5.41) is 0.